The van der Waals surface area contributed by atoms with Crippen molar-refractivity contribution < 1.29 is 4.74 Å². The topological polar surface area (TPSA) is 9.23 Å². The Morgan fingerprint density at radius 3 is 2.59 bits per heavy atom. The molecule has 1 heterocycles. The highest BCUT2D eigenvalue weighted by atomic mass is 16.5. The second-order valence-corrected chi connectivity index (χ2v) is 8.15. The Morgan fingerprint density at radius 2 is 1.69 bits per heavy atom. The lowest BCUT2D eigenvalue weighted by Crippen LogP contribution is -2.10. The normalized spacial score (nSPS) is 15.0. The fraction of sp³-hybridized carbons (Fsp3) is 0.143. The fourth-order valence-corrected chi connectivity index (χ4v) is 4.88. The molecule has 1 aliphatic heterocycles. The van der Waals surface area contributed by atoms with Gasteiger partial charge in [-0.1, -0.05) is 72.3 Å². The van der Waals surface area contributed by atoms with Crippen LogP contribution >= 0.6 is 0 Å². The first-order chi connectivity index (χ1) is 14.3. The van der Waals surface area contributed by atoms with Gasteiger partial charge in [0.15, 0.2) is 0 Å². The average molecular weight is 374 g/mol. The van der Waals surface area contributed by atoms with Crippen molar-refractivity contribution in [1.29, 1.82) is 0 Å². The van der Waals surface area contributed by atoms with Crippen molar-refractivity contribution in [2.24, 2.45) is 0 Å². The zero-order chi connectivity index (χ0) is 19.4. The molecule has 0 atom stereocenters. The molecule has 4 aromatic rings. The standard InChI is InChI=1S/C28H22O/c1-18-10-12-19(13-11-18)21-16-26-23-8-4-5-9-24(23)27-22-7-3-2-6-20(22)14-15-25(27)28(26)29-17-21/h2-3,5-7,9-15,17H,4,8,16H2,1H3. The Kier molecular flexibility index (Phi) is 3.64. The van der Waals surface area contributed by atoms with Gasteiger partial charge in [-0.15, -0.1) is 0 Å². The van der Waals surface area contributed by atoms with Crippen LogP contribution in [0.3, 0.4) is 0 Å². The molecule has 4 aromatic carbocycles. The van der Waals surface area contributed by atoms with E-state index in [-0.39, 0.29) is 0 Å². The van der Waals surface area contributed by atoms with E-state index >= 15 is 0 Å². The predicted molar refractivity (Wildman–Crippen MR) is 122 cm³/mol. The van der Waals surface area contributed by atoms with Crippen molar-refractivity contribution in [2.75, 3.05) is 0 Å². The van der Waals surface area contributed by atoms with Crippen molar-refractivity contribution in [3.8, 4) is 5.75 Å². The number of rotatable bonds is 1. The van der Waals surface area contributed by atoms with Gasteiger partial charge >= 0.3 is 0 Å². The van der Waals surface area contributed by atoms with E-state index in [0.717, 1.165) is 25.0 Å². The first kappa shape index (κ1) is 16.6. The van der Waals surface area contributed by atoms with Gasteiger partial charge in [-0.05, 0) is 58.9 Å². The molecule has 2 aliphatic rings. The lowest BCUT2D eigenvalue weighted by Gasteiger charge is -2.26. The first-order valence-corrected chi connectivity index (χ1v) is 10.4. The van der Waals surface area contributed by atoms with E-state index in [0.29, 0.717) is 0 Å². The van der Waals surface area contributed by atoms with Crippen molar-refractivity contribution in [2.45, 2.75) is 26.2 Å². The summed E-state index contributed by atoms with van der Waals surface area (Å²) in [5.41, 5.74) is 8.01. The van der Waals surface area contributed by atoms with Crippen LogP contribution in [0.15, 0.2) is 73.0 Å². The molecule has 0 bridgehead atoms. The minimum atomic E-state index is 0.928. The molecule has 0 aromatic heterocycles. The molecule has 140 valence electrons. The number of hydrogen-bond donors (Lipinski definition) is 0. The molecule has 0 saturated heterocycles. The summed E-state index contributed by atoms with van der Waals surface area (Å²) in [7, 11) is 0. The highest BCUT2D eigenvalue weighted by Gasteiger charge is 2.25. The van der Waals surface area contributed by atoms with E-state index in [1.807, 2.05) is 6.26 Å². The highest BCUT2D eigenvalue weighted by Crippen LogP contribution is 2.45. The zero-order valence-electron chi connectivity index (χ0n) is 16.5. The Morgan fingerprint density at radius 1 is 0.828 bits per heavy atom. The maximum absolute atomic E-state index is 6.36. The average Bonchev–Trinajstić information content (AvgIpc) is 2.79. The van der Waals surface area contributed by atoms with Gasteiger partial charge < -0.3 is 4.74 Å². The van der Waals surface area contributed by atoms with Gasteiger partial charge in [-0.25, -0.2) is 0 Å². The summed E-state index contributed by atoms with van der Waals surface area (Å²) in [5, 5.41) is 5.16. The molecule has 0 saturated carbocycles. The van der Waals surface area contributed by atoms with Crippen LogP contribution in [0.2, 0.25) is 0 Å². The monoisotopic (exact) mass is 374 g/mol. The molecule has 29 heavy (non-hydrogen) atoms. The van der Waals surface area contributed by atoms with Crippen molar-refractivity contribution in [3.05, 3.63) is 101 Å². The van der Waals surface area contributed by atoms with Crippen LogP contribution in [0, 0.1) is 6.92 Å². The second kappa shape index (κ2) is 6.35. The predicted octanol–water partition coefficient (Wildman–Crippen LogP) is 7.24. The smallest absolute Gasteiger partial charge is 0.138 e. The van der Waals surface area contributed by atoms with Crippen LogP contribution in [0.1, 0.15) is 34.2 Å². The number of benzene rings is 4. The van der Waals surface area contributed by atoms with Gasteiger partial charge in [0, 0.05) is 22.8 Å². The van der Waals surface area contributed by atoms with E-state index in [2.05, 4.69) is 79.7 Å². The summed E-state index contributed by atoms with van der Waals surface area (Å²) < 4.78 is 6.36. The number of hydrogen-bond acceptors (Lipinski definition) is 1. The SMILES string of the molecule is Cc1ccc(C2=COc3c(c4c(c5c3ccc3ccccc35)C=CCC4)C2)cc1. The molecular weight excluding hydrogens is 352 g/mol. The van der Waals surface area contributed by atoms with Crippen molar-refractivity contribution in [3.63, 3.8) is 0 Å². The second-order valence-electron chi connectivity index (χ2n) is 8.15. The lowest BCUT2D eigenvalue weighted by molar-refractivity contribution is 0.473. The Labute approximate surface area is 170 Å². The molecule has 0 amide bonds. The summed E-state index contributed by atoms with van der Waals surface area (Å²) in [6.07, 6.45) is 9.72. The molecule has 0 spiro atoms. The van der Waals surface area contributed by atoms with Crippen molar-refractivity contribution >= 4 is 33.2 Å². The highest BCUT2D eigenvalue weighted by molar-refractivity contribution is 6.14. The van der Waals surface area contributed by atoms with Crippen LogP contribution in [0.25, 0.3) is 33.2 Å². The maximum atomic E-state index is 6.36. The minimum absolute atomic E-state index is 0.928. The van der Waals surface area contributed by atoms with Crippen LogP contribution in [0.5, 0.6) is 5.75 Å². The summed E-state index contributed by atoms with van der Waals surface area (Å²) in [4.78, 5) is 0. The number of aryl methyl sites for hydroxylation is 1. The van der Waals surface area contributed by atoms with Crippen LogP contribution in [-0.2, 0) is 12.8 Å². The van der Waals surface area contributed by atoms with Gasteiger partial charge in [0.2, 0.25) is 0 Å². The van der Waals surface area contributed by atoms with Gasteiger partial charge in [0.25, 0.3) is 0 Å². The van der Waals surface area contributed by atoms with E-state index in [1.165, 1.54) is 54.9 Å². The minimum Gasteiger partial charge on any atom is -0.464 e. The summed E-state index contributed by atoms with van der Waals surface area (Å²) in [6.45, 7) is 2.13. The molecule has 0 fully saturated rings. The summed E-state index contributed by atoms with van der Waals surface area (Å²) in [5.74, 6) is 1.05. The van der Waals surface area contributed by atoms with Gasteiger partial charge in [-0.2, -0.15) is 0 Å². The van der Waals surface area contributed by atoms with Gasteiger partial charge in [0.05, 0.1) is 6.26 Å². The van der Waals surface area contributed by atoms with Crippen LogP contribution in [0.4, 0.5) is 0 Å². The molecule has 0 unspecified atom stereocenters. The zero-order valence-corrected chi connectivity index (χ0v) is 16.5. The largest absolute Gasteiger partial charge is 0.464 e. The number of allylic oxidation sites excluding steroid dienone is 2. The summed E-state index contributed by atoms with van der Waals surface area (Å²) >= 11 is 0. The van der Waals surface area contributed by atoms with Gasteiger partial charge in [0.1, 0.15) is 5.75 Å². The lowest BCUT2D eigenvalue weighted by atomic mass is 9.82. The third-order valence-corrected chi connectivity index (χ3v) is 6.36. The van der Waals surface area contributed by atoms with E-state index in [1.54, 1.807) is 0 Å². The quantitative estimate of drug-likeness (QED) is 0.319. The van der Waals surface area contributed by atoms with Crippen LogP contribution in [-0.4, -0.2) is 0 Å². The third kappa shape index (κ3) is 2.54. The van der Waals surface area contributed by atoms with Crippen LogP contribution < -0.4 is 4.74 Å². The summed E-state index contributed by atoms with van der Waals surface area (Å²) in [6, 6.07) is 21.9. The Bertz CT molecular complexity index is 1340. The molecule has 0 N–H and O–H groups in total. The molecule has 1 nitrogen and oxygen atoms in total. The molecule has 6 rings (SSSR count). The van der Waals surface area contributed by atoms with Gasteiger partial charge in [-0.3, -0.25) is 0 Å². The number of ether oxygens (including phenoxy) is 1. The molecule has 1 heteroatoms. The maximum Gasteiger partial charge on any atom is 0.138 e. The fourth-order valence-electron chi connectivity index (χ4n) is 4.88. The Balaban J connectivity index is 1.62. The molecule has 1 aliphatic carbocycles. The van der Waals surface area contributed by atoms with E-state index < -0.39 is 0 Å². The van der Waals surface area contributed by atoms with Crippen molar-refractivity contribution in [1.82, 2.24) is 0 Å². The van der Waals surface area contributed by atoms with E-state index in [9.17, 15) is 0 Å². The van der Waals surface area contributed by atoms with E-state index in [4.69, 9.17) is 4.74 Å². The Hall–Kier alpha value is -3.32. The third-order valence-electron chi connectivity index (χ3n) is 6.36. The molecular formula is C28H22O. The molecule has 0 radical (unpaired) electrons. The number of fused-ring (bicyclic) bond motifs is 8. The first-order valence-electron chi connectivity index (χ1n) is 10.4.